The van der Waals surface area contributed by atoms with Gasteiger partial charge < -0.3 is 18.7 Å². The third-order valence-corrected chi connectivity index (χ3v) is 5.49. The van der Waals surface area contributed by atoms with Gasteiger partial charge in [0.05, 0.1) is 23.1 Å². The molecular formula is C22H20F2N4O3. The van der Waals surface area contributed by atoms with E-state index < -0.39 is 23.4 Å². The van der Waals surface area contributed by atoms with Gasteiger partial charge in [-0.25, -0.2) is 18.7 Å². The Morgan fingerprint density at radius 3 is 2.77 bits per heavy atom. The molecule has 0 fully saturated rings. The summed E-state index contributed by atoms with van der Waals surface area (Å²) in [5.41, 5.74) is 0.101. The van der Waals surface area contributed by atoms with E-state index in [0.717, 1.165) is 5.69 Å². The third-order valence-electron chi connectivity index (χ3n) is 5.49. The number of H-pyrrole nitrogens is 1. The summed E-state index contributed by atoms with van der Waals surface area (Å²) in [6, 6.07) is 5.84. The lowest BCUT2D eigenvalue weighted by atomic mass is 9.99. The fraction of sp³-hybridized carbons (Fsp3) is 0.318. The van der Waals surface area contributed by atoms with Crippen LogP contribution in [-0.2, 0) is 12.1 Å². The van der Waals surface area contributed by atoms with Crippen molar-refractivity contribution in [2.24, 2.45) is 0 Å². The Morgan fingerprint density at radius 1 is 1.29 bits per heavy atom. The van der Waals surface area contributed by atoms with Crippen LogP contribution in [0, 0.1) is 12.7 Å². The first-order valence-electron chi connectivity index (χ1n) is 9.92. The summed E-state index contributed by atoms with van der Waals surface area (Å²) in [6.07, 6.45) is 2.00. The van der Waals surface area contributed by atoms with Gasteiger partial charge in [-0.15, -0.1) is 0 Å². The van der Waals surface area contributed by atoms with E-state index >= 15 is 4.39 Å². The predicted octanol–water partition coefficient (Wildman–Crippen LogP) is 4.58. The highest BCUT2D eigenvalue weighted by Gasteiger charge is 2.41. The molecule has 31 heavy (non-hydrogen) atoms. The number of nitrogens with zero attached hydrogens (tertiary/aromatic N) is 3. The summed E-state index contributed by atoms with van der Waals surface area (Å²) in [6.45, 7) is 4.45. The first-order chi connectivity index (χ1) is 14.8. The lowest BCUT2D eigenvalue weighted by molar-refractivity contribution is 0.0624. The van der Waals surface area contributed by atoms with Crippen molar-refractivity contribution in [1.82, 2.24) is 19.9 Å². The number of halogens is 2. The van der Waals surface area contributed by atoms with Crippen LogP contribution in [-0.4, -0.2) is 32.3 Å². The Kier molecular flexibility index (Phi) is 4.25. The second-order valence-electron chi connectivity index (χ2n) is 8.10. The molecule has 1 aromatic carbocycles. The van der Waals surface area contributed by atoms with E-state index in [4.69, 9.17) is 8.83 Å². The van der Waals surface area contributed by atoms with Crippen molar-refractivity contribution in [2.75, 3.05) is 6.54 Å². The Hall–Kier alpha value is -3.49. The number of oxazole rings is 1. The highest BCUT2D eigenvalue weighted by Crippen LogP contribution is 2.39. The number of furan rings is 1. The molecule has 1 aliphatic heterocycles. The molecule has 0 aliphatic carbocycles. The normalized spacial score (nSPS) is 16.7. The molecule has 7 nitrogen and oxygen atoms in total. The van der Waals surface area contributed by atoms with Crippen LogP contribution in [0.3, 0.4) is 0 Å². The summed E-state index contributed by atoms with van der Waals surface area (Å²) in [4.78, 5) is 26.4. The molecule has 0 radical (unpaired) electrons. The lowest BCUT2D eigenvalue weighted by Crippen LogP contribution is -2.41. The van der Waals surface area contributed by atoms with E-state index in [2.05, 4.69) is 15.0 Å². The number of rotatable bonds is 3. The molecule has 0 unspecified atom stereocenters. The minimum atomic E-state index is -1.84. The van der Waals surface area contributed by atoms with Crippen molar-refractivity contribution in [3.8, 4) is 0 Å². The number of benzene rings is 1. The van der Waals surface area contributed by atoms with Gasteiger partial charge in [0.1, 0.15) is 11.6 Å². The molecule has 1 amide bonds. The number of imidazole rings is 1. The number of hydrogen-bond acceptors (Lipinski definition) is 5. The Labute approximate surface area is 176 Å². The number of aromatic nitrogens is 3. The van der Waals surface area contributed by atoms with Gasteiger partial charge in [-0.1, -0.05) is 12.1 Å². The van der Waals surface area contributed by atoms with Crippen molar-refractivity contribution in [2.45, 2.75) is 38.9 Å². The van der Waals surface area contributed by atoms with Crippen LogP contribution in [0.2, 0.25) is 0 Å². The first kappa shape index (κ1) is 19.5. The van der Waals surface area contributed by atoms with Crippen LogP contribution in [0.25, 0.3) is 11.0 Å². The van der Waals surface area contributed by atoms with Crippen molar-refractivity contribution in [3.63, 3.8) is 0 Å². The van der Waals surface area contributed by atoms with Gasteiger partial charge in [-0.2, -0.15) is 0 Å². The zero-order valence-electron chi connectivity index (χ0n) is 17.2. The average molecular weight is 426 g/mol. The smallest absolute Gasteiger partial charge is 0.292 e. The molecule has 0 spiro atoms. The predicted molar refractivity (Wildman–Crippen MR) is 107 cm³/mol. The molecule has 0 saturated carbocycles. The van der Waals surface area contributed by atoms with Crippen molar-refractivity contribution < 1.29 is 22.4 Å². The molecule has 4 aromatic rings. The standard InChI is InChI=1S/C22H20F2N4O3/c1-11-18(31-21(27-11)22(2,3)24)20(29)28-9-8-13-16(26-10-25-13)17(28)19-15(23)12-6-4-5-7-14(12)30-19/h4-7,10,17H,8-9H2,1-3H3,(H,25,26)/t17-/m1/s1. The second kappa shape index (κ2) is 6.76. The molecule has 5 rings (SSSR count). The monoisotopic (exact) mass is 426 g/mol. The summed E-state index contributed by atoms with van der Waals surface area (Å²) >= 11 is 0. The number of hydrogen-bond donors (Lipinski definition) is 1. The molecular weight excluding hydrogens is 406 g/mol. The maximum Gasteiger partial charge on any atom is 0.292 e. The zero-order chi connectivity index (χ0) is 21.9. The molecule has 1 aliphatic rings. The fourth-order valence-electron chi connectivity index (χ4n) is 3.95. The second-order valence-corrected chi connectivity index (χ2v) is 8.10. The Balaban J connectivity index is 1.63. The average Bonchev–Trinajstić information content (AvgIpc) is 3.44. The van der Waals surface area contributed by atoms with Crippen LogP contribution < -0.4 is 0 Å². The van der Waals surface area contributed by atoms with Gasteiger partial charge in [0, 0.05) is 18.7 Å². The molecule has 4 heterocycles. The van der Waals surface area contributed by atoms with E-state index in [0.29, 0.717) is 23.1 Å². The minimum absolute atomic E-state index is 0.00851. The summed E-state index contributed by atoms with van der Waals surface area (Å²) in [5, 5.41) is 0.324. The number of aryl methyl sites for hydroxylation is 1. The van der Waals surface area contributed by atoms with Gasteiger partial charge in [-0.05, 0) is 32.9 Å². The van der Waals surface area contributed by atoms with E-state index in [1.807, 2.05) is 0 Å². The van der Waals surface area contributed by atoms with Crippen LogP contribution >= 0.6 is 0 Å². The van der Waals surface area contributed by atoms with Crippen LogP contribution in [0.4, 0.5) is 8.78 Å². The van der Waals surface area contributed by atoms with Crippen molar-refractivity contribution in [1.29, 1.82) is 0 Å². The van der Waals surface area contributed by atoms with Gasteiger partial charge in [-0.3, -0.25) is 4.79 Å². The number of alkyl halides is 1. The molecule has 1 N–H and O–H groups in total. The van der Waals surface area contributed by atoms with Crippen LogP contribution in [0.15, 0.2) is 39.4 Å². The summed E-state index contributed by atoms with van der Waals surface area (Å²) < 4.78 is 41.0. The molecule has 3 aromatic heterocycles. The maximum absolute atomic E-state index is 15.3. The third kappa shape index (κ3) is 3.03. The SMILES string of the molecule is Cc1nc(C(C)(C)F)oc1C(=O)N1CCc2[nH]cnc2[C@@H]1c1oc2ccccc2c1F. The topological polar surface area (TPSA) is 88.2 Å². The number of carbonyl (C=O) groups is 1. The Morgan fingerprint density at radius 2 is 2.06 bits per heavy atom. The van der Waals surface area contributed by atoms with Crippen LogP contribution in [0.5, 0.6) is 0 Å². The lowest BCUT2D eigenvalue weighted by Gasteiger charge is -2.33. The number of fused-ring (bicyclic) bond motifs is 2. The van der Waals surface area contributed by atoms with Crippen molar-refractivity contribution >= 4 is 16.9 Å². The molecule has 0 saturated heterocycles. The zero-order valence-corrected chi connectivity index (χ0v) is 17.2. The summed E-state index contributed by atoms with van der Waals surface area (Å²) in [7, 11) is 0. The van der Waals surface area contributed by atoms with E-state index in [9.17, 15) is 9.18 Å². The quantitative estimate of drug-likeness (QED) is 0.518. The van der Waals surface area contributed by atoms with Crippen molar-refractivity contribution in [3.05, 3.63) is 70.9 Å². The largest absolute Gasteiger partial charge is 0.455 e. The van der Waals surface area contributed by atoms with Gasteiger partial charge in [0.15, 0.2) is 17.2 Å². The highest BCUT2D eigenvalue weighted by atomic mass is 19.1. The first-order valence-corrected chi connectivity index (χ1v) is 9.92. The number of nitrogens with one attached hydrogen (secondary N) is 1. The number of carbonyl (C=O) groups excluding carboxylic acids is 1. The van der Waals surface area contributed by atoms with E-state index in [1.165, 1.54) is 25.1 Å². The number of aromatic amines is 1. The van der Waals surface area contributed by atoms with Gasteiger partial charge in [0.2, 0.25) is 11.7 Å². The maximum atomic E-state index is 15.3. The van der Waals surface area contributed by atoms with Crippen LogP contribution in [0.1, 0.15) is 59.2 Å². The number of para-hydroxylation sites is 1. The Bertz CT molecular complexity index is 1300. The number of amides is 1. The molecule has 160 valence electrons. The van der Waals surface area contributed by atoms with Gasteiger partial charge in [0.25, 0.3) is 5.91 Å². The van der Waals surface area contributed by atoms with E-state index in [1.54, 1.807) is 31.2 Å². The van der Waals surface area contributed by atoms with Gasteiger partial charge >= 0.3 is 0 Å². The highest BCUT2D eigenvalue weighted by molar-refractivity contribution is 5.93. The fourth-order valence-corrected chi connectivity index (χ4v) is 3.95. The molecule has 0 bridgehead atoms. The summed E-state index contributed by atoms with van der Waals surface area (Å²) in [5.74, 6) is -1.35. The molecule has 9 heteroatoms. The minimum Gasteiger partial charge on any atom is -0.455 e. The van der Waals surface area contributed by atoms with E-state index in [-0.39, 0.29) is 29.6 Å². The molecule has 1 atom stereocenters.